The molecular weight excluding hydrogens is 384 g/mol. The smallest absolute Gasteiger partial charge is 0.348 e. The largest absolute Gasteiger partial charge is 0.462 e. The van der Waals surface area contributed by atoms with E-state index in [9.17, 15) is 9.59 Å². The molecule has 0 saturated heterocycles. The van der Waals surface area contributed by atoms with Crippen molar-refractivity contribution < 1.29 is 19.1 Å². The SMILES string of the molecule is CCCCCCCCCOC(=O)c1ccc(C(=O)OCCCCCCCCC)s1. The molecule has 0 radical (unpaired) electrons. The van der Waals surface area contributed by atoms with Crippen LogP contribution in [0.4, 0.5) is 0 Å². The molecule has 0 aromatic carbocycles. The highest BCUT2D eigenvalue weighted by Crippen LogP contribution is 2.19. The van der Waals surface area contributed by atoms with E-state index in [0.717, 1.165) is 37.0 Å². The van der Waals surface area contributed by atoms with Crippen molar-refractivity contribution >= 4 is 23.3 Å². The summed E-state index contributed by atoms with van der Waals surface area (Å²) in [7, 11) is 0. The van der Waals surface area contributed by atoms with Gasteiger partial charge in [0.15, 0.2) is 0 Å². The number of hydrogen-bond donors (Lipinski definition) is 0. The Morgan fingerprint density at radius 1 is 0.621 bits per heavy atom. The van der Waals surface area contributed by atoms with Gasteiger partial charge in [-0.2, -0.15) is 0 Å². The standard InChI is InChI=1S/C24H40O4S/c1-3-5-7-9-11-13-15-19-27-23(25)21-17-18-22(29-21)24(26)28-20-16-14-12-10-8-6-4-2/h17-18H,3-16,19-20H2,1-2H3. The van der Waals surface area contributed by atoms with Crippen LogP contribution in [0.5, 0.6) is 0 Å². The van der Waals surface area contributed by atoms with Crippen LogP contribution in [0.15, 0.2) is 12.1 Å². The van der Waals surface area contributed by atoms with Crippen LogP contribution >= 0.6 is 11.3 Å². The van der Waals surface area contributed by atoms with Crippen molar-refractivity contribution in [2.45, 2.75) is 104 Å². The molecule has 166 valence electrons. The van der Waals surface area contributed by atoms with Crippen molar-refractivity contribution in [2.24, 2.45) is 0 Å². The average molecular weight is 425 g/mol. The molecule has 0 fully saturated rings. The van der Waals surface area contributed by atoms with Gasteiger partial charge in [-0.1, -0.05) is 90.9 Å². The lowest BCUT2D eigenvalue weighted by Gasteiger charge is -2.04. The van der Waals surface area contributed by atoms with Gasteiger partial charge in [0.25, 0.3) is 0 Å². The van der Waals surface area contributed by atoms with Gasteiger partial charge in [0.1, 0.15) is 9.75 Å². The summed E-state index contributed by atoms with van der Waals surface area (Å²) < 4.78 is 10.6. The first-order valence-corrected chi connectivity index (χ1v) is 12.4. The maximum atomic E-state index is 12.1. The number of carbonyl (C=O) groups excluding carboxylic acids is 2. The van der Waals surface area contributed by atoms with Gasteiger partial charge in [-0.3, -0.25) is 0 Å². The molecule has 0 N–H and O–H groups in total. The topological polar surface area (TPSA) is 52.6 Å². The highest BCUT2D eigenvalue weighted by atomic mass is 32.1. The van der Waals surface area contributed by atoms with Gasteiger partial charge in [-0.05, 0) is 25.0 Å². The van der Waals surface area contributed by atoms with Gasteiger partial charge in [-0.15, -0.1) is 11.3 Å². The number of unbranched alkanes of at least 4 members (excludes halogenated alkanes) is 12. The van der Waals surface area contributed by atoms with E-state index in [2.05, 4.69) is 13.8 Å². The molecule has 5 heteroatoms. The first-order valence-electron chi connectivity index (χ1n) is 11.6. The molecule has 1 aromatic heterocycles. The molecule has 1 rings (SSSR count). The third kappa shape index (κ3) is 12.7. The Labute approximate surface area is 181 Å². The summed E-state index contributed by atoms with van der Waals surface area (Å²) in [6, 6.07) is 3.31. The van der Waals surface area contributed by atoms with Gasteiger partial charge in [-0.25, -0.2) is 9.59 Å². The highest BCUT2D eigenvalue weighted by Gasteiger charge is 2.15. The fraction of sp³-hybridized carbons (Fsp3) is 0.750. The number of carbonyl (C=O) groups is 2. The Morgan fingerprint density at radius 3 is 1.34 bits per heavy atom. The summed E-state index contributed by atoms with van der Waals surface area (Å²) in [5, 5.41) is 0. The number of thiophene rings is 1. The van der Waals surface area contributed by atoms with Crippen LogP contribution in [0.1, 0.15) is 123 Å². The Balaban J connectivity index is 2.12. The molecule has 0 spiro atoms. The molecule has 0 unspecified atom stereocenters. The maximum Gasteiger partial charge on any atom is 0.348 e. The summed E-state index contributed by atoms with van der Waals surface area (Å²) in [5.74, 6) is -0.681. The van der Waals surface area contributed by atoms with Crippen molar-refractivity contribution in [1.82, 2.24) is 0 Å². The normalized spacial score (nSPS) is 10.8. The molecule has 29 heavy (non-hydrogen) atoms. The third-order valence-corrected chi connectivity index (χ3v) is 6.02. The second kappa shape index (κ2) is 17.5. The molecule has 0 amide bonds. The van der Waals surface area contributed by atoms with Gasteiger partial charge in [0.2, 0.25) is 0 Å². The summed E-state index contributed by atoms with van der Waals surface area (Å²) in [4.78, 5) is 25.1. The predicted octanol–water partition coefficient (Wildman–Crippen LogP) is 7.56. The monoisotopic (exact) mass is 424 g/mol. The summed E-state index contributed by atoms with van der Waals surface area (Å²) in [6.07, 6.45) is 16.6. The van der Waals surface area contributed by atoms with Crippen LogP contribution in [0.2, 0.25) is 0 Å². The predicted molar refractivity (Wildman–Crippen MR) is 121 cm³/mol. The van der Waals surface area contributed by atoms with E-state index in [4.69, 9.17) is 9.47 Å². The van der Waals surface area contributed by atoms with Crippen molar-refractivity contribution in [3.05, 3.63) is 21.9 Å². The lowest BCUT2D eigenvalue weighted by molar-refractivity contribution is 0.0496. The van der Waals surface area contributed by atoms with Crippen LogP contribution in [-0.2, 0) is 9.47 Å². The summed E-state index contributed by atoms with van der Waals surface area (Å²) >= 11 is 1.15. The zero-order valence-electron chi connectivity index (χ0n) is 18.5. The molecule has 4 nitrogen and oxygen atoms in total. The first-order chi connectivity index (χ1) is 14.2. The minimum atomic E-state index is -0.341. The number of hydrogen-bond acceptors (Lipinski definition) is 5. The van der Waals surface area contributed by atoms with Gasteiger partial charge in [0.05, 0.1) is 13.2 Å². The van der Waals surface area contributed by atoms with Crippen LogP contribution in [-0.4, -0.2) is 25.2 Å². The molecule has 0 aliphatic carbocycles. The lowest BCUT2D eigenvalue weighted by atomic mass is 10.1. The van der Waals surface area contributed by atoms with E-state index < -0.39 is 0 Å². The average Bonchev–Trinajstić information content (AvgIpc) is 3.22. The Morgan fingerprint density at radius 2 is 0.966 bits per heavy atom. The molecular formula is C24H40O4S. The number of rotatable bonds is 18. The lowest BCUT2D eigenvalue weighted by Crippen LogP contribution is -2.05. The minimum Gasteiger partial charge on any atom is -0.462 e. The Kier molecular flexibility index (Phi) is 15.5. The van der Waals surface area contributed by atoms with E-state index in [1.165, 1.54) is 64.2 Å². The quantitative estimate of drug-likeness (QED) is 0.180. The Bertz CT molecular complexity index is 506. The zero-order chi connectivity index (χ0) is 21.2. The molecule has 0 atom stereocenters. The zero-order valence-corrected chi connectivity index (χ0v) is 19.3. The van der Waals surface area contributed by atoms with Crippen LogP contribution in [0, 0.1) is 0 Å². The molecule has 0 bridgehead atoms. The van der Waals surface area contributed by atoms with Crippen molar-refractivity contribution in [3.63, 3.8) is 0 Å². The highest BCUT2D eigenvalue weighted by molar-refractivity contribution is 7.15. The van der Waals surface area contributed by atoms with Crippen LogP contribution < -0.4 is 0 Å². The second-order valence-electron chi connectivity index (χ2n) is 7.68. The summed E-state index contributed by atoms with van der Waals surface area (Å²) in [6.45, 7) is 5.32. The van der Waals surface area contributed by atoms with E-state index in [1.807, 2.05) is 0 Å². The van der Waals surface area contributed by atoms with E-state index >= 15 is 0 Å². The molecule has 0 aliphatic rings. The third-order valence-electron chi connectivity index (χ3n) is 4.97. The van der Waals surface area contributed by atoms with Crippen molar-refractivity contribution in [2.75, 3.05) is 13.2 Å². The van der Waals surface area contributed by atoms with Crippen LogP contribution in [0.25, 0.3) is 0 Å². The van der Waals surface area contributed by atoms with Gasteiger partial charge in [0, 0.05) is 0 Å². The molecule has 0 saturated carbocycles. The fourth-order valence-electron chi connectivity index (χ4n) is 3.15. The summed E-state index contributed by atoms with van der Waals surface area (Å²) in [5.41, 5.74) is 0. The Hall–Kier alpha value is -1.36. The molecule has 0 aliphatic heterocycles. The van der Waals surface area contributed by atoms with E-state index in [-0.39, 0.29) is 11.9 Å². The number of esters is 2. The molecule has 1 heterocycles. The second-order valence-corrected chi connectivity index (χ2v) is 8.76. The van der Waals surface area contributed by atoms with Gasteiger partial charge >= 0.3 is 11.9 Å². The van der Waals surface area contributed by atoms with Gasteiger partial charge < -0.3 is 9.47 Å². The maximum absolute atomic E-state index is 12.1. The fourth-order valence-corrected chi connectivity index (χ4v) is 3.94. The molecule has 1 aromatic rings. The van der Waals surface area contributed by atoms with Crippen molar-refractivity contribution in [3.8, 4) is 0 Å². The van der Waals surface area contributed by atoms with Crippen LogP contribution in [0.3, 0.4) is 0 Å². The van der Waals surface area contributed by atoms with E-state index in [1.54, 1.807) is 12.1 Å². The van der Waals surface area contributed by atoms with Crippen molar-refractivity contribution in [1.29, 1.82) is 0 Å². The first kappa shape index (κ1) is 25.7. The number of ether oxygens (including phenoxy) is 2. The van der Waals surface area contributed by atoms with E-state index in [0.29, 0.717) is 23.0 Å². The minimum absolute atomic E-state index is 0.341.